The van der Waals surface area contributed by atoms with Gasteiger partial charge in [-0.2, -0.15) is 0 Å². The zero-order chi connectivity index (χ0) is 21.0. The van der Waals surface area contributed by atoms with Crippen molar-refractivity contribution in [1.29, 1.82) is 0 Å². The lowest BCUT2D eigenvalue weighted by Crippen LogP contribution is -2.45. The van der Waals surface area contributed by atoms with Gasteiger partial charge < -0.3 is 18.6 Å². The molecular weight excluding hydrogens is 364 g/mol. The fraction of sp³-hybridized carbons (Fsp3) is 0.800. The summed E-state index contributed by atoms with van der Waals surface area (Å²) in [5, 5.41) is 0.101. The van der Waals surface area contributed by atoms with Gasteiger partial charge in [-0.3, -0.25) is 0 Å². The summed E-state index contributed by atoms with van der Waals surface area (Å²) >= 11 is 0. The summed E-state index contributed by atoms with van der Waals surface area (Å²) in [6.45, 7) is 18.5. The van der Waals surface area contributed by atoms with E-state index in [-0.39, 0.29) is 29.9 Å². The Bertz CT molecular complexity index is 570. The van der Waals surface area contributed by atoms with E-state index < -0.39 is 26.0 Å². The molecule has 0 spiro atoms. The number of ether oxygens (including phenoxy) is 3. The topological polar surface area (TPSA) is 74.4 Å². The Morgan fingerprint density at radius 2 is 1.56 bits per heavy atom. The number of hydrogen-bond acceptors (Lipinski definition) is 6. The minimum absolute atomic E-state index is 0.00799. The molecular formula is C20H36O6Si. The van der Waals surface area contributed by atoms with Gasteiger partial charge in [-0.15, -0.1) is 0 Å². The molecule has 1 rings (SSSR count). The highest BCUT2D eigenvalue weighted by atomic mass is 28.4. The number of allylic oxidation sites excluding steroid dienone is 1. The third-order valence-corrected chi connectivity index (χ3v) is 9.86. The molecule has 1 fully saturated rings. The SMILES string of the molecule is CCOC(=O)C(C(=O)OCC)=C(C)CCC1OC1(C)O[Si](C)(C)C(C)(C)C. The Kier molecular flexibility index (Phi) is 7.85. The van der Waals surface area contributed by atoms with E-state index in [1.807, 2.05) is 6.92 Å². The molecule has 1 saturated heterocycles. The molecule has 1 aliphatic heterocycles. The Morgan fingerprint density at radius 3 is 1.96 bits per heavy atom. The van der Waals surface area contributed by atoms with Gasteiger partial charge in [0, 0.05) is 0 Å². The van der Waals surface area contributed by atoms with Crippen LogP contribution in [-0.2, 0) is 28.2 Å². The highest BCUT2D eigenvalue weighted by Crippen LogP contribution is 2.48. The quantitative estimate of drug-likeness (QED) is 0.143. The van der Waals surface area contributed by atoms with Crippen LogP contribution in [0.2, 0.25) is 18.1 Å². The van der Waals surface area contributed by atoms with Gasteiger partial charge in [-0.1, -0.05) is 26.3 Å². The minimum atomic E-state index is -1.94. The summed E-state index contributed by atoms with van der Waals surface area (Å²) in [6, 6.07) is 0. The van der Waals surface area contributed by atoms with Crippen LogP contribution in [0.4, 0.5) is 0 Å². The van der Waals surface area contributed by atoms with Crippen LogP contribution >= 0.6 is 0 Å². The molecule has 27 heavy (non-hydrogen) atoms. The van der Waals surface area contributed by atoms with E-state index in [1.54, 1.807) is 20.8 Å². The summed E-state index contributed by atoms with van der Waals surface area (Å²) in [6.07, 6.45) is 1.15. The highest BCUT2D eigenvalue weighted by molar-refractivity contribution is 6.74. The molecule has 0 aromatic heterocycles. The molecule has 2 atom stereocenters. The average molecular weight is 401 g/mol. The molecule has 0 amide bonds. The van der Waals surface area contributed by atoms with Crippen LogP contribution in [0.5, 0.6) is 0 Å². The molecule has 2 unspecified atom stereocenters. The maximum absolute atomic E-state index is 12.2. The number of carbonyl (C=O) groups is 2. The lowest BCUT2D eigenvalue weighted by Gasteiger charge is -2.37. The molecule has 6 nitrogen and oxygen atoms in total. The molecule has 7 heteroatoms. The van der Waals surface area contributed by atoms with Crippen molar-refractivity contribution in [2.45, 2.75) is 91.3 Å². The monoisotopic (exact) mass is 400 g/mol. The predicted octanol–water partition coefficient (Wildman–Crippen LogP) is 4.35. The average Bonchev–Trinajstić information content (AvgIpc) is 3.13. The lowest BCUT2D eigenvalue weighted by molar-refractivity contribution is -0.146. The van der Waals surface area contributed by atoms with Crippen molar-refractivity contribution in [3.8, 4) is 0 Å². The summed E-state index contributed by atoms with van der Waals surface area (Å²) in [5.41, 5.74) is 0.642. The first-order chi connectivity index (χ1) is 12.3. The molecule has 156 valence electrons. The number of rotatable bonds is 9. The van der Waals surface area contributed by atoms with E-state index in [0.29, 0.717) is 18.4 Å². The first-order valence-electron chi connectivity index (χ1n) is 9.71. The Balaban J connectivity index is 2.79. The third kappa shape index (κ3) is 6.15. The Hall–Kier alpha value is -1.18. The van der Waals surface area contributed by atoms with Crippen molar-refractivity contribution >= 4 is 20.3 Å². The summed E-state index contributed by atoms with van der Waals surface area (Å²) in [7, 11) is -1.94. The second-order valence-corrected chi connectivity index (χ2v) is 13.3. The summed E-state index contributed by atoms with van der Waals surface area (Å²) in [5.74, 6) is -1.85. The molecule has 1 heterocycles. The third-order valence-electron chi connectivity index (χ3n) is 5.34. The van der Waals surface area contributed by atoms with Crippen LogP contribution < -0.4 is 0 Å². The number of epoxide rings is 1. The standard InChI is InChI=1S/C20H36O6Si/c1-10-23-17(21)16(18(22)24-11-2)14(3)12-13-15-20(7,25-15)26-27(8,9)19(4,5)6/h15H,10-13H2,1-9H3. The highest BCUT2D eigenvalue weighted by Gasteiger charge is 2.57. The van der Waals surface area contributed by atoms with E-state index in [0.717, 1.165) is 0 Å². The van der Waals surface area contributed by atoms with Crippen LogP contribution in [0.1, 0.15) is 61.3 Å². The van der Waals surface area contributed by atoms with Gasteiger partial charge in [0.2, 0.25) is 0 Å². The van der Waals surface area contributed by atoms with Gasteiger partial charge >= 0.3 is 11.9 Å². The van der Waals surface area contributed by atoms with E-state index in [1.165, 1.54) is 0 Å². The lowest BCUT2D eigenvalue weighted by atomic mass is 10.0. The van der Waals surface area contributed by atoms with Crippen LogP contribution in [0.25, 0.3) is 0 Å². The predicted molar refractivity (Wildman–Crippen MR) is 107 cm³/mol. The van der Waals surface area contributed by atoms with Crippen LogP contribution in [0, 0.1) is 0 Å². The van der Waals surface area contributed by atoms with Crippen molar-refractivity contribution in [2.24, 2.45) is 0 Å². The van der Waals surface area contributed by atoms with Gasteiger partial charge in [0.05, 0.1) is 13.2 Å². The zero-order valence-corrected chi connectivity index (χ0v) is 19.4. The van der Waals surface area contributed by atoms with Gasteiger partial charge in [0.25, 0.3) is 0 Å². The van der Waals surface area contributed by atoms with Gasteiger partial charge in [-0.25, -0.2) is 9.59 Å². The Labute approximate surface area is 164 Å². The molecule has 0 aliphatic carbocycles. The van der Waals surface area contributed by atoms with Crippen molar-refractivity contribution in [3.63, 3.8) is 0 Å². The number of carbonyl (C=O) groups excluding carboxylic acids is 2. The van der Waals surface area contributed by atoms with Crippen molar-refractivity contribution < 1.29 is 28.2 Å². The zero-order valence-electron chi connectivity index (χ0n) is 18.4. The fourth-order valence-electron chi connectivity index (χ4n) is 2.63. The second-order valence-electron chi connectivity index (χ2n) is 8.62. The van der Waals surface area contributed by atoms with E-state index in [9.17, 15) is 9.59 Å². The van der Waals surface area contributed by atoms with Crippen LogP contribution in [0.15, 0.2) is 11.1 Å². The summed E-state index contributed by atoms with van der Waals surface area (Å²) < 4.78 is 22.3. The molecule has 1 aliphatic rings. The number of esters is 2. The summed E-state index contributed by atoms with van der Waals surface area (Å²) in [4.78, 5) is 24.3. The molecule has 0 aromatic carbocycles. The van der Waals surface area contributed by atoms with E-state index in [4.69, 9.17) is 18.6 Å². The van der Waals surface area contributed by atoms with Crippen LogP contribution in [-0.4, -0.2) is 45.4 Å². The molecule has 0 bridgehead atoms. The van der Waals surface area contributed by atoms with Crippen LogP contribution in [0.3, 0.4) is 0 Å². The first-order valence-corrected chi connectivity index (χ1v) is 12.6. The molecule has 0 saturated carbocycles. The van der Waals surface area contributed by atoms with Gasteiger partial charge in [-0.05, 0) is 58.7 Å². The smallest absolute Gasteiger partial charge is 0.345 e. The second kappa shape index (κ2) is 8.88. The molecule has 0 aromatic rings. The van der Waals surface area contributed by atoms with Gasteiger partial charge in [0.15, 0.2) is 14.1 Å². The molecule has 0 N–H and O–H groups in total. The van der Waals surface area contributed by atoms with Crippen molar-refractivity contribution in [1.82, 2.24) is 0 Å². The van der Waals surface area contributed by atoms with E-state index >= 15 is 0 Å². The fourth-order valence-corrected chi connectivity index (χ4v) is 4.13. The van der Waals surface area contributed by atoms with Crippen molar-refractivity contribution in [2.75, 3.05) is 13.2 Å². The normalized spacial score (nSPS) is 22.2. The number of hydrogen-bond donors (Lipinski definition) is 0. The largest absolute Gasteiger partial charge is 0.462 e. The van der Waals surface area contributed by atoms with Gasteiger partial charge in [0.1, 0.15) is 11.7 Å². The maximum Gasteiger partial charge on any atom is 0.345 e. The molecule has 0 radical (unpaired) electrons. The van der Waals surface area contributed by atoms with E-state index in [2.05, 4.69) is 33.9 Å². The van der Waals surface area contributed by atoms with Crippen molar-refractivity contribution in [3.05, 3.63) is 11.1 Å². The maximum atomic E-state index is 12.2. The Morgan fingerprint density at radius 1 is 1.07 bits per heavy atom. The first kappa shape index (κ1) is 23.9. The minimum Gasteiger partial charge on any atom is -0.462 e.